The molecule has 8 heteroatoms. The lowest BCUT2D eigenvalue weighted by Crippen LogP contribution is -2.38. The van der Waals surface area contributed by atoms with E-state index in [0.717, 1.165) is 19.6 Å². The third-order valence-electron chi connectivity index (χ3n) is 6.20. The van der Waals surface area contributed by atoms with Crippen molar-refractivity contribution < 1.29 is 28.6 Å². The van der Waals surface area contributed by atoms with Crippen LogP contribution in [0.2, 0.25) is 0 Å². The molecule has 0 aliphatic carbocycles. The monoisotopic (exact) mass is 480 g/mol. The van der Waals surface area contributed by atoms with E-state index >= 15 is 0 Å². The van der Waals surface area contributed by atoms with E-state index in [1.54, 1.807) is 42.5 Å². The molecule has 1 atom stereocenters. The van der Waals surface area contributed by atoms with Gasteiger partial charge in [-0.3, -0.25) is 14.5 Å². The van der Waals surface area contributed by atoms with Gasteiger partial charge in [0.1, 0.15) is 23.9 Å². The van der Waals surface area contributed by atoms with Crippen LogP contribution in [0.5, 0.6) is 5.75 Å². The van der Waals surface area contributed by atoms with E-state index in [-0.39, 0.29) is 11.3 Å². The molecule has 7 nitrogen and oxygen atoms in total. The third-order valence-corrected chi connectivity index (χ3v) is 6.20. The average molecular weight is 481 g/mol. The molecule has 0 spiro atoms. The number of hydrogen-bond donors (Lipinski definition) is 1. The number of hydrogen-bond acceptors (Lipinski definition) is 6. The number of likely N-dealkylation sites (tertiary alicyclic amines) is 1. The molecular formula is C27H29FN2O5. The van der Waals surface area contributed by atoms with E-state index in [1.807, 2.05) is 0 Å². The van der Waals surface area contributed by atoms with Crippen LogP contribution in [0.3, 0.4) is 0 Å². The van der Waals surface area contributed by atoms with Crippen molar-refractivity contribution in [3.05, 3.63) is 83.7 Å². The number of nitrogens with zero attached hydrogens (tertiary/aromatic N) is 2. The highest BCUT2D eigenvalue weighted by atomic mass is 19.1. The number of amides is 1. The van der Waals surface area contributed by atoms with Gasteiger partial charge in [-0.15, -0.1) is 0 Å². The minimum atomic E-state index is -0.808. The van der Waals surface area contributed by atoms with Crippen molar-refractivity contribution in [2.45, 2.75) is 12.5 Å². The Morgan fingerprint density at radius 1 is 1.09 bits per heavy atom. The van der Waals surface area contributed by atoms with E-state index in [9.17, 15) is 19.1 Å². The Morgan fingerprint density at radius 2 is 1.77 bits per heavy atom. The number of aliphatic hydroxyl groups excluding tert-OH is 1. The minimum Gasteiger partial charge on any atom is -0.507 e. The molecule has 2 aliphatic rings. The number of carbonyl (C=O) groups excluding carboxylic acids is 2. The topological polar surface area (TPSA) is 79.3 Å². The van der Waals surface area contributed by atoms with Gasteiger partial charge in [-0.1, -0.05) is 24.8 Å². The van der Waals surface area contributed by atoms with Gasteiger partial charge in [0, 0.05) is 31.7 Å². The molecule has 4 rings (SSSR count). The molecule has 0 aromatic heterocycles. The highest BCUT2D eigenvalue weighted by molar-refractivity contribution is 6.46. The molecule has 2 aromatic rings. The Kier molecular flexibility index (Phi) is 7.94. The number of rotatable bonds is 9. The molecule has 35 heavy (non-hydrogen) atoms. The molecule has 2 aliphatic heterocycles. The highest BCUT2D eigenvalue weighted by Gasteiger charge is 2.45. The highest BCUT2D eigenvalue weighted by Crippen LogP contribution is 2.39. The fourth-order valence-electron chi connectivity index (χ4n) is 4.41. The van der Waals surface area contributed by atoms with Crippen LogP contribution in [-0.2, 0) is 14.3 Å². The Bertz CT molecular complexity index is 1090. The van der Waals surface area contributed by atoms with Crippen molar-refractivity contribution in [1.82, 2.24) is 9.80 Å². The fraction of sp³-hybridized carbons (Fsp3) is 0.333. The summed E-state index contributed by atoms with van der Waals surface area (Å²) in [6.07, 6.45) is 2.28. The lowest BCUT2D eigenvalue weighted by Gasteiger charge is -2.29. The normalized spacial score (nSPS) is 20.3. The predicted molar refractivity (Wildman–Crippen MR) is 129 cm³/mol. The molecule has 0 bridgehead atoms. The van der Waals surface area contributed by atoms with Gasteiger partial charge in [0.2, 0.25) is 0 Å². The summed E-state index contributed by atoms with van der Waals surface area (Å²) in [6, 6.07) is 11.4. The number of benzene rings is 2. The molecule has 1 N–H and O–H groups in total. The van der Waals surface area contributed by atoms with Crippen molar-refractivity contribution in [1.29, 1.82) is 0 Å². The third kappa shape index (κ3) is 5.61. The maximum Gasteiger partial charge on any atom is 0.295 e. The van der Waals surface area contributed by atoms with Gasteiger partial charge in [-0.2, -0.15) is 0 Å². The number of ketones is 1. The maximum atomic E-state index is 13.6. The summed E-state index contributed by atoms with van der Waals surface area (Å²) >= 11 is 0. The van der Waals surface area contributed by atoms with Crippen molar-refractivity contribution in [2.75, 3.05) is 46.0 Å². The summed E-state index contributed by atoms with van der Waals surface area (Å²) in [5.74, 6) is -1.54. The van der Waals surface area contributed by atoms with E-state index < -0.39 is 23.5 Å². The summed E-state index contributed by atoms with van der Waals surface area (Å²) in [5.41, 5.74) is 0.937. The maximum absolute atomic E-state index is 13.6. The van der Waals surface area contributed by atoms with Crippen LogP contribution < -0.4 is 4.74 Å². The number of halogens is 1. The number of carbonyl (C=O) groups is 2. The quantitative estimate of drug-likeness (QED) is 0.256. The molecule has 1 amide bonds. The standard InChI is InChI=1S/C27H29FN2O5/c1-2-16-35-22-10-6-20(7-11-22)25(31)23-24(19-4-8-21(28)9-5-19)30(27(33)26(23)32)13-3-12-29-14-17-34-18-15-29/h2,4-11,24,31H,1,3,12-18H2/b25-23+/t24-/m0/s1. The second-order valence-corrected chi connectivity index (χ2v) is 8.48. The van der Waals surface area contributed by atoms with Gasteiger partial charge in [0.25, 0.3) is 11.7 Å². The summed E-state index contributed by atoms with van der Waals surface area (Å²) in [6.45, 7) is 8.04. The largest absolute Gasteiger partial charge is 0.507 e. The first-order valence-corrected chi connectivity index (χ1v) is 11.7. The predicted octanol–water partition coefficient (Wildman–Crippen LogP) is 3.53. The van der Waals surface area contributed by atoms with Crippen molar-refractivity contribution in [3.8, 4) is 5.75 Å². The molecule has 0 saturated carbocycles. The van der Waals surface area contributed by atoms with Gasteiger partial charge in [-0.05, 0) is 48.4 Å². The summed E-state index contributed by atoms with van der Waals surface area (Å²) in [7, 11) is 0. The number of morpholine rings is 1. The lowest BCUT2D eigenvalue weighted by molar-refractivity contribution is -0.140. The first kappa shape index (κ1) is 24.6. The van der Waals surface area contributed by atoms with E-state index in [1.165, 1.54) is 17.0 Å². The molecule has 2 aromatic carbocycles. The van der Waals surface area contributed by atoms with Crippen molar-refractivity contribution >= 4 is 17.4 Å². The smallest absolute Gasteiger partial charge is 0.295 e. The zero-order chi connectivity index (χ0) is 24.8. The second-order valence-electron chi connectivity index (χ2n) is 8.48. The summed E-state index contributed by atoms with van der Waals surface area (Å²) in [5, 5.41) is 11.1. The molecule has 0 radical (unpaired) electrons. The van der Waals surface area contributed by atoms with Crippen molar-refractivity contribution in [2.24, 2.45) is 0 Å². The average Bonchev–Trinajstić information content (AvgIpc) is 3.13. The number of Topliss-reactive ketones (excluding diaryl/α,β-unsaturated/α-hetero) is 1. The molecule has 2 fully saturated rings. The van der Waals surface area contributed by atoms with Crippen LogP contribution in [0.4, 0.5) is 4.39 Å². The van der Waals surface area contributed by atoms with Gasteiger partial charge in [0.15, 0.2) is 0 Å². The first-order chi connectivity index (χ1) is 17.0. The summed E-state index contributed by atoms with van der Waals surface area (Å²) < 4.78 is 24.5. The summed E-state index contributed by atoms with van der Waals surface area (Å²) in [4.78, 5) is 29.9. The number of ether oxygens (including phenoxy) is 2. The van der Waals surface area contributed by atoms with E-state index in [4.69, 9.17) is 9.47 Å². The van der Waals surface area contributed by atoms with E-state index in [0.29, 0.717) is 49.7 Å². The molecule has 0 unspecified atom stereocenters. The molecular weight excluding hydrogens is 451 g/mol. The zero-order valence-corrected chi connectivity index (χ0v) is 19.5. The van der Waals surface area contributed by atoms with Gasteiger partial charge in [0.05, 0.1) is 24.8 Å². The van der Waals surface area contributed by atoms with Crippen molar-refractivity contribution in [3.63, 3.8) is 0 Å². The van der Waals surface area contributed by atoms with Gasteiger partial charge >= 0.3 is 0 Å². The minimum absolute atomic E-state index is 0.00672. The Hall–Kier alpha value is -3.49. The zero-order valence-electron chi connectivity index (χ0n) is 19.5. The Morgan fingerprint density at radius 3 is 2.43 bits per heavy atom. The fourth-order valence-corrected chi connectivity index (χ4v) is 4.41. The number of aliphatic hydroxyl groups is 1. The van der Waals surface area contributed by atoms with Crippen LogP contribution in [0, 0.1) is 5.82 Å². The molecule has 2 heterocycles. The first-order valence-electron chi connectivity index (χ1n) is 11.7. The van der Waals surface area contributed by atoms with Gasteiger partial charge in [-0.25, -0.2) is 4.39 Å². The van der Waals surface area contributed by atoms with Crippen LogP contribution >= 0.6 is 0 Å². The second kappa shape index (κ2) is 11.3. The SMILES string of the molecule is C=CCOc1ccc(/C(O)=C2\C(=O)C(=O)N(CCCN3CCOCC3)[C@H]2c2ccc(F)cc2)cc1. The lowest BCUT2D eigenvalue weighted by atomic mass is 9.95. The van der Waals surface area contributed by atoms with Crippen LogP contribution in [0.1, 0.15) is 23.6 Å². The van der Waals surface area contributed by atoms with E-state index in [2.05, 4.69) is 11.5 Å². The Labute approximate surface area is 204 Å². The molecule has 2 saturated heterocycles. The van der Waals surface area contributed by atoms with Crippen LogP contribution in [-0.4, -0.2) is 72.6 Å². The molecule has 184 valence electrons. The van der Waals surface area contributed by atoms with Gasteiger partial charge < -0.3 is 19.5 Å². The Balaban J connectivity index is 1.63. The van der Waals surface area contributed by atoms with Crippen LogP contribution in [0.15, 0.2) is 66.8 Å². The van der Waals surface area contributed by atoms with Crippen LogP contribution in [0.25, 0.3) is 5.76 Å².